The molecule has 1 heterocycles. The Balaban J connectivity index is 1.59. The quantitative estimate of drug-likeness (QED) is 0.723. The van der Waals surface area contributed by atoms with Crippen molar-refractivity contribution in [3.63, 3.8) is 0 Å². The number of hydrogen-bond acceptors (Lipinski definition) is 4. The van der Waals surface area contributed by atoms with Crippen molar-refractivity contribution in [2.24, 2.45) is 0 Å². The molecule has 1 N–H and O–H groups in total. The van der Waals surface area contributed by atoms with Crippen molar-refractivity contribution in [3.05, 3.63) is 52.4 Å². The number of carbonyl (C=O) groups excluding carboxylic acids is 1. The van der Waals surface area contributed by atoms with Gasteiger partial charge in [-0.2, -0.15) is 11.8 Å². The van der Waals surface area contributed by atoms with Crippen molar-refractivity contribution in [2.45, 2.75) is 5.75 Å². The maximum atomic E-state index is 11.7. The summed E-state index contributed by atoms with van der Waals surface area (Å²) in [7, 11) is 0. The summed E-state index contributed by atoms with van der Waals surface area (Å²) in [4.78, 5) is 11.7. The summed E-state index contributed by atoms with van der Waals surface area (Å²) in [6.45, 7) is 0.492. The standard InChI is InChI=1S/C15H15Cl2NO3S/c16-11-3-4-14(13(17)8-11)21-9-15(19)18-5-7-22-10-12-2-1-6-20-12/h1-4,6,8H,5,7,9-10H2,(H,18,19). The summed E-state index contributed by atoms with van der Waals surface area (Å²) < 4.78 is 10.6. The Labute approximate surface area is 143 Å². The minimum atomic E-state index is -0.190. The Bertz CT molecular complexity index is 605. The molecule has 0 radical (unpaired) electrons. The molecule has 1 amide bonds. The van der Waals surface area contributed by atoms with Crippen molar-refractivity contribution in [2.75, 3.05) is 18.9 Å². The molecular formula is C15H15Cl2NO3S. The molecule has 22 heavy (non-hydrogen) atoms. The number of furan rings is 1. The third kappa shape index (κ3) is 5.83. The molecule has 1 aromatic carbocycles. The molecule has 118 valence electrons. The van der Waals surface area contributed by atoms with Gasteiger partial charge in [0, 0.05) is 17.3 Å². The molecule has 0 unspecified atom stereocenters. The maximum Gasteiger partial charge on any atom is 0.257 e. The summed E-state index contributed by atoms with van der Waals surface area (Å²) in [5.41, 5.74) is 0. The fourth-order valence-corrected chi connectivity index (χ4v) is 2.84. The summed E-state index contributed by atoms with van der Waals surface area (Å²) in [6, 6.07) is 8.65. The highest BCUT2D eigenvalue weighted by Crippen LogP contribution is 2.27. The van der Waals surface area contributed by atoms with Gasteiger partial charge in [-0.05, 0) is 30.3 Å². The predicted octanol–water partition coefficient (Wildman–Crippen LogP) is 4.01. The van der Waals surface area contributed by atoms with Gasteiger partial charge in [0.1, 0.15) is 11.5 Å². The van der Waals surface area contributed by atoms with Gasteiger partial charge >= 0.3 is 0 Å². The molecule has 0 aliphatic heterocycles. The molecule has 0 atom stereocenters. The van der Waals surface area contributed by atoms with E-state index in [2.05, 4.69) is 5.32 Å². The van der Waals surface area contributed by atoms with Crippen molar-refractivity contribution in [3.8, 4) is 5.75 Å². The molecule has 0 fully saturated rings. The monoisotopic (exact) mass is 359 g/mol. The lowest BCUT2D eigenvalue weighted by molar-refractivity contribution is -0.122. The van der Waals surface area contributed by atoms with Crippen LogP contribution in [-0.4, -0.2) is 24.8 Å². The van der Waals surface area contributed by atoms with Gasteiger partial charge in [-0.15, -0.1) is 0 Å². The van der Waals surface area contributed by atoms with Gasteiger partial charge in [0.05, 0.1) is 17.0 Å². The van der Waals surface area contributed by atoms with Crippen LogP contribution >= 0.6 is 35.0 Å². The van der Waals surface area contributed by atoms with Crippen LogP contribution in [0.2, 0.25) is 10.0 Å². The second-order valence-electron chi connectivity index (χ2n) is 4.35. The fraction of sp³-hybridized carbons (Fsp3) is 0.267. The summed E-state index contributed by atoms with van der Waals surface area (Å²) in [6.07, 6.45) is 1.65. The molecule has 4 nitrogen and oxygen atoms in total. The lowest BCUT2D eigenvalue weighted by Crippen LogP contribution is -2.30. The van der Waals surface area contributed by atoms with E-state index in [0.717, 1.165) is 17.3 Å². The van der Waals surface area contributed by atoms with E-state index in [0.29, 0.717) is 22.3 Å². The van der Waals surface area contributed by atoms with Gasteiger partial charge in [0.25, 0.3) is 5.91 Å². The molecule has 0 saturated carbocycles. The van der Waals surface area contributed by atoms with Crippen LogP contribution in [0.1, 0.15) is 5.76 Å². The number of ether oxygens (including phenoxy) is 1. The van der Waals surface area contributed by atoms with E-state index in [-0.39, 0.29) is 12.5 Å². The second-order valence-corrected chi connectivity index (χ2v) is 6.29. The Kier molecular flexibility index (Phi) is 6.96. The highest BCUT2D eigenvalue weighted by Gasteiger charge is 2.06. The lowest BCUT2D eigenvalue weighted by atomic mass is 10.3. The number of thioether (sulfide) groups is 1. The normalized spacial score (nSPS) is 10.5. The van der Waals surface area contributed by atoms with Gasteiger partial charge in [0.2, 0.25) is 0 Å². The molecular weight excluding hydrogens is 345 g/mol. The fourth-order valence-electron chi connectivity index (χ4n) is 1.62. The maximum absolute atomic E-state index is 11.7. The van der Waals surface area contributed by atoms with Gasteiger partial charge < -0.3 is 14.5 Å². The SMILES string of the molecule is O=C(COc1ccc(Cl)cc1Cl)NCCSCc1ccco1. The second kappa shape index (κ2) is 8.98. The van der Waals surface area contributed by atoms with E-state index in [9.17, 15) is 4.79 Å². The van der Waals surface area contributed by atoms with Crippen molar-refractivity contribution < 1.29 is 13.9 Å². The van der Waals surface area contributed by atoms with Crippen LogP contribution in [0, 0.1) is 0 Å². The van der Waals surface area contributed by atoms with E-state index in [1.807, 2.05) is 12.1 Å². The predicted molar refractivity (Wildman–Crippen MR) is 89.8 cm³/mol. The van der Waals surface area contributed by atoms with E-state index < -0.39 is 0 Å². The molecule has 2 rings (SSSR count). The zero-order chi connectivity index (χ0) is 15.8. The first-order valence-electron chi connectivity index (χ1n) is 6.60. The van der Waals surface area contributed by atoms with Crippen LogP contribution in [-0.2, 0) is 10.5 Å². The number of benzene rings is 1. The lowest BCUT2D eigenvalue weighted by Gasteiger charge is -2.08. The van der Waals surface area contributed by atoms with Gasteiger partial charge in [-0.1, -0.05) is 23.2 Å². The topological polar surface area (TPSA) is 51.5 Å². The molecule has 7 heteroatoms. The molecule has 0 saturated heterocycles. The van der Waals surface area contributed by atoms with Crippen LogP contribution in [0.15, 0.2) is 41.0 Å². The number of nitrogens with one attached hydrogen (secondary N) is 1. The van der Waals surface area contributed by atoms with E-state index in [1.54, 1.807) is 36.2 Å². The van der Waals surface area contributed by atoms with Gasteiger partial charge in [-0.25, -0.2) is 0 Å². The number of rotatable bonds is 8. The first kappa shape index (κ1) is 17.1. The Morgan fingerprint density at radius 3 is 2.91 bits per heavy atom. The van der Waals surface area contributed by atoms with Crippen LogP contribution < -0.4 is 10.1 Å². The van der Waals surface area contributed by atoms with Crippen LogP contribution in [0.25, 0.3) is 0 Å². The highest BCUT2D eigenvalue weighted by molar-refractivity contribution is 7.98. The summed E-state index contributed by atoms with van der Waals surface area (Å²) >= 11 is 13.4. The average Bonchev–Trinajstić information content (AvgIpc) is 2.99. The van der Waals surface area contributed by atoms with Crippen molar-refractivity contribution in [1.29, 1.82) is 0 Å². The first-order valence-corrected chi connectivity index (χ1v) is 8.51. The molecule has 2 aromatic rings. The molecule has 0 aliphatic rings. The largest absolute Gasteiger partial charge is 0.482 e. The molecule has 0 spiro atoms. The number of halogens is 2. The Morgan fingerprint density at radius 2 is 2.18 bits per heavy atom. The third-order valence-corrected chi connectivity index (χ3v) is 4.16. The third-order valence-electron chi connectivity index (χ3n) is 2.65. The molecule has 0 aliphatic carbocycles. The zero-order valence-electron chi connectivity index (χ0n) is 11.7. The number of hydrogen-bond donors (Lipinski definition) is 1. The van der Waals surface area contributed by atoms with Gasteiger partial charge in [-0.3, -0.25) is 4.79 Å². The zero-order valence-corrected chi connectivity index (χ0v) is 14.0. The number of carbonyl (C=O) groups is 1. The Morgan fingerprint density at radius 1 is 1.32 bits per heavy atom. The summed E-state index contributed by atoms with van der Waals surface area (Å²) in [5, 5.41) is 3.69. The minimum Gasteiger partial charge on any atom is -0.482 e. The minimum absolute atomic E-state index is 0.0792. The van der Waals surface area contributed by atoms with E-state index >= 15 is 0 Å². The molecule has 1 aromatic heterocycles. The van der Waals surface area contributed by atoms with Crippen LogP contribution in [0.3, 0.4) is 0 Å². The van der Waals surface area contributed by atoms with Crippen LogP contribution in [0.4, 0.5) is 0 Å². The average molecular weight is 360 g/mol. The first-order chi connectivity index (χ1) is 10.6. The van der Waals surface area contributed by atoms with E-state index in [1.165, 1.54) is 0 Å². The van der Waals surface area contributed by atoms with E-state index in [4.69, 9.17) is 32.4 Å². The number of amides is 1. The molecule has 0 bridgehead atoms. The highest BCUT2D eigenvalue weighted by atomic mass is 35.5. The summed E-state index contributed by atoms with van der Waals surface area (Å²) in [5.74, 6) is 2.77. The smallest absolute Gasteiger partial charge is 0.257 e. The van der Waals surface area contributed by atoms with Crippen LogP contribution in [0.5, 0.6) is 5.75 Å². The van der Waals surface area contributed by atoms with Crippen molar-refractivity contribution >= 4 is 40.9 Å². The Hall–Kier alpha value is -1.30. The van der Waals surface area contributed by atoms with Crippen molar-refractivity contribution in [1.82, 2.24) is 5.32 Å². The van der Waals surface area contributed by atoms with Gasteiger partial charge in [0.15, 0.2) is 6.61 Å².